The molecule has 2 N–H and O–H groups in total. The molecular weight excluding hydrogens is 422 g/mol. The molecule has 1 aromatic rings. The Balaban J connectivity index is 2.53. The summed E-state index contributed by atoms with van der Waals surface area (Å²) >= 11 is 0. The van der Waals surface area contributed by atoms with E-state index in [0.29, 0.717) is 18.4 Å². The van der Waals surface area contributed by atoms with Gasteiger partial charge in [0, 0.05) is 17.7 Å². The van der Waals surface area contributed by atoms with Crippen molar-refractivity contribution >= 4 is 24.7 Å². The number of alkyl carbamates (subject to hydrolysis) is 1. The first-order valence-electron chi connectivity index (χ1n) is 10.9. The van der Waals surface area contributed by atoms with Crippen molar-refractivity contribution in [1.29, 1.82) is 0 Å². The van der Waals surface area contributed by atoms with Crippen LogP contribution >= 0.6 is 0 Å². The molecule has 0 radical (unpaired) electrons. The lowest BCUT2D eigenvalue weighted by Gasteiger charge is -2.18. The molecule has 0 aliphatic carbocycles. The summed E-state index contributed by atoms with van der Waals surface area (Å²) in [5.41, 5.74) is 1.45. The molecule has 0 unspecified atom stereocenters. The molecule has 2 amide bonds. The third kappa shape index (κ3) is 11.1. The average molecular weight is 459 g/mol. The quantitative estimate of drug-likeness (QED) is 0.125. The molecule has 2 atom stereocenters. The highest BCUT2D eigenvalue weighted by Crippen LogP contribution is 2.08. The summed E-state index contributed by atoms with van der Waals surface area (Å²) < 4.78 is 11.3. The number of hydrogen-bond acceptors (Lipinski definition) is 5. The highest BCUT2D eigenvalue weighted by molar-refractivity contribution is 5.98. The monoisotopic (exact) mass is 458 g/mol. The second kappa shape index (κ2) is 14.6. The molecule has 8 nitrogen and oxygen atoms in total. The zero-order chi connectivity index (χ0) is 24.8. The summed E-state index contributed by atoms with van der Waals surface area (Å²) in [4.78, 5) is 36.5. The Morgan fingerprint density at radius 2 is 1.79 bits per heavy atom. The fraction of sp³-hybridized carbons (Fsp3) is 0.440. The normalized spacial score (nSPS) is 13.3. The highest BCUT2D eigenvalue weighted by Gasteiger charge is 2.23. The molecule has 1 rings (SSSR count). The Bertz CT molecular complexity index is 862. The van der Waals surface area contributed by atoms with Crippen molar-refractivity contribution in [2.45, 2.75) is 52.6 Å². The van der Waals surface area contributed by atoms with E-state index in [2.05, 4.69) is 17.4 Å². The van der Waals surface area contributed by atoms with Gasteiger partial charge in [0.15, 0.2) is 6.20 Å². The highest BCUT2D eigenvalue weighted by atomic mass is 16.6. The molecule has 0 bridgehead atoms. The summed E-state index contributed by atoms with van der Waals surface area (Å²) in [6.07, 6.45) is 5.26. The molecule has 0 aliphatic rings. The van der Waals surface area contributed by atoms with E-state index in [1.165, 1.54) is 24.0 Å². The molecule has 0 spiro atoms. The predicted molar refractivity (Wildman–Crippen MR) is 128 cm³/mol. The second-order valence-corrected chi connectivity index (χ2v) is 8.12. The molecule has 8 heteroatoms. The SMILES string of the molecule is C=[N+](/C=C\C(=C/C)C(=O)N[C@@H](CC(C)C)C(=O)OC)COC(=O)N[C@@H](C)Cc1ccccc1. The Hall–Kier alpha value is -3.42. The summed E-state index contributed by atoms with van der Waals surface area (Å²) in [5, 5.41) is 5.47. The summed E-state index contributed by atoms with van der Waals surface area (Å²) in [5.74, 6) is -0.698. The van der Waals surface area contributed by atoms with Gasteiger partial charge in [-0.2, -0.15) is 4.58 Å². The molecule has 0 aromatic heterocycles. The Morgan fingerprint density at radius 1 is 1.12 bits per heavy atom. The summed E-state index contributed by atoms with van der Waals surface area (Å²) in [6, 6.07) is 9.01. The topological polar surface area (TPSA) is 96.7 Å². The summed E-state index contributed by atoms with van der Waals surface area (Å²) in [7, 11) is 1.29. The predicted octanol–water partition coefficient (Wildman–Crippen LogP) is 3.18. The van der Waals surface area contributed by atoms with Gasteiger partial charge in [0.2, 0.25) is 0 Å². The van der Waals surface area contributed by atoms with Crippen molar-refractivity contribution in [1.82, 2.24) is 10.6 Å². The van der Waals surface area contributed by atoms with E-state index in [1.807, 2.05) is 51.1 Å². The van der Waals surface area contributed by atoms with E-state index in [9.17, 15) is 14.4 Å². The van der Waals surface area contributed by atoms with Crippen LogP contribution in [0.4, 0.5) is 4.79 Å². The minimum Gasteiger partial charge on any atom is -0.467 e. The van der Waals surface area contributed by atoms with Gasteiger partial charge in [0.05, 0.1) is 7.11 Å². The van der Waals surface area contributed by atoms with Crippen LogP contribution < -0.4 is 10.6 Å². The molecule has 0 heterocycles. The molecule has 0 aliphatic heterocycles. The van der Waals surface area contributed by atoms with Crippen LogP contribution in [-0.2, 0) is 25.5 Å². The van der Waals surface area contributed by atoms with Crippen LogP contribution in [0.2, 0.25) is 0 Å². The third-order valence-corrected chi connectivity index (χ3v) is 4.65. The van der Waals surface area contributed by atoms with Gasteiger partial charge in [-0.1, -0.05) is 50.3 Å². The maximum absolute atomic E-state index is 12.6. The minimum absolute atomic E-state index is 0.0966. The lowest BCUT2D eigenvalue weighted by Crippen LogP contribution is -2.42. The largest absolute Gasteiger partial charge is 0.467 e. The molecule has 0 fully saturated rings. The second-order valence-electron chi connectivity index (χ2n) is 8.12. The van der Waals surface area contributed by atoms with Crippen LogP contribution in [-0.4, -0.2) is 55.2 Å². The first-order valence-corrected chi connectivity index (χ1v) is 10.9. The van der Waals surface area contributed by atoms with E-state index >= 15 is 0 Å². The van der Waals surface area contributed by atoms with Gasteiger partial charge in [-0.05, 0) is 38.2 Å². The zero-order valence-corrected chi connectivity index (χ0v) is 20.2. The number of esters is 1. The molecule has 180 valence electrons. The van der Waals surface area contributed by atoms with E-state index in [4.69, 9.17) is 9.47 Å². The van der Waals surface area contributed by atoms with Gasteiger partial charge >= 0.3 is 12.1 Å². The smallest absolute Gasteiger partial charge is 0.412 e. The molecular formula is C25H36N3O5+. The number of hydrogen-bond donors (Lipinski definition) is 2. The van der Waals surface area contributed by atoms with Crippen molar-refractivity contribution < 1.29 is 28.4 Å². The van der Waals surface area contributed by atoms with Crippen LogP contribution in [0.15, 0.2) is 54.3 Å². The first-order chi connectivity index (χ1) is 15.7. The number of ether oxygens (including phenoxy) is 2. The third-order valence-electron chi connectivity index (χ3n) is 4.65. The maximum Gasteiger partial charge on any atom is 0.412 e. The van der Waals surface area contributed by atoms with E-state index in [1.54, 1.807) is 13.0 Å². The Labute approximate surface area is 196 Å². The number of carbonyl (C=O) groups is 3. The lowest BCUT2D eigenvalue weighted by atomic mass is 10.0. The number of nitrogens with one attached hydrogen (secondary N) is 2. The fourth-order valence-electron chi connectivity index (χ4n) is 3.00. The van der Waals surface area contributed by atoms with Crippen LogP contribution in [0.25, 0.3) is 0 Å². The van der Waals surface area contributed by atoms with Crippen LogP contribution in [0.5, 0.6) is 0 Å². The van der Waals surface area contributed by atoms with Crippen molar-refractivity contribution in [3.05, 3.63) is 59.8 Å². The van der Waals surface area contributed by atoms with E-state index < -0.39 is 24.0 Å². The molecule has 33 heavy (non-hydrogen) atoms. The number of amides is 2. The van der Waals surface area contributed by atoms with Crippen LogP contribution in [0.3, 0.4) is 0 Å². The number of allylic oxidation sites excluding steroid dienone is 1. The maximum atomic E-state index is 12.6. The van der Waals surface area contributed by atoms with Gasteiger partial charge in [0.25, 0.3) is 12.6 Å². The number of benzene rings is 1. The number of nitrogens with zero attached hydrogens (tertiary/aromatic N) is 1. The van der Waals surface area contributed by atoms with Crippen molar-refractivity contribution in [2.75, 3.05) is 13.8 Å². The van der Waals surface area contributed by atoms with Crippen LogP contribution in [0, 0.1) is 5.92 Å². The fourth-order valence-corrected chi connectivity index (χ4v) is 3.00. The minimum atomic E-state index is -0.730. The molecule has 1 aromatic carbocycles. The van der Waals surface area contributed by atoms with Gasteiger partial charge in [-0.15, -0.1) is 0 Å². The number of methoxy groups -OCH3 is 1. The van der Waals surface area contributed by atoms with Gasteiger partial charge < -0.3 is 20.1 Å². The molecule has 0 saturated heterocycles. The van der Waals surface area contributed by atoms with E-state index in [-0.39, 0.29) is 18.7 Å². The lowest BCUT2D eigenvalue weighted by molar-refractivity contribution is -0.488. The van der Waals surface area contributed by atoms with Crippen LogP contribution in [0.1, 0.15) is 39.7 Å². The Morgan fingerprint density at radius 3 is 2.36 bits per heavy atom. The van der Waals surface area contributed by atoms with Crippen molar-refractivity contribution in [3.63, 3.8) is 0 Å². The van der Waals surface area contributed by atoms with Crippen molar-refractivity contribution in [2.24, 2.45) is 5.92 Å². The van der Waals surface area contributed by atoms with Gasteiger partial charge in [-0.25, -0.2) is 9.59 Å². The molecule has 0 saturated carbocycles. The van der Waals surface area contributed by atoms with Gasteiger partial charge in [0.1, 0.15) is 12.8 Å². The number of rotatable bonds is 12. The number of carbonyl (C=O) groups excluding carboxylic acids is 3. The zero-order valence-electron chi connectivity index (χ0n) is 20.2. The first kappa shape index (κ1) is 27.6. The average Bonchev–Trinajstić information content (AvgIpc) is 2.77. The standard InChI is InChI=1S/C25H35N3O5/c1-7-21(23(29)27-22(15-18(2)3)24(30)32-6)13-14-28(5)17-33-25(31)26-19(4)16-20-11-9-8-10-12-20/h7-14,18-19,22H,5,15-17H2,1-4,6H3,(H-,26,27,29,31)/p+1/b14-13-,21-7+/t19-,22-/m0/s1. The van der Waals surface area contributed by atoms with E-state index in [0.717, 1.165) is 5.56 Å². The Kier molecular flexibility index (Phi) is 12.2. The summed E-state index contributed by atoms with van der Waals surface area (Å²) in [6.45, 7) is 11.2. The van der Waals surface area contributed by atoms with Crippen molar-refractivity contribution in [3.8, 4) is 0 Å². The van der Waals surface area contributed by atoms with Gasteiger partial charge in [-0.3, -0.25) is 4.79 Å².